The fraction of sp³-hybridized carbons (Fsp3) is 0.923. The normalized spacial score (nSPS) is 21.7. The third kappa shape index (κ3) is 34.9. The van der Waals surface area contributed by atoms with E-state index in [-0.39, 0.29) is 0 Å². The van der Waals surface area contributed by atoms with Gasteiger partial charge in [0.15, 0.2) is 0 Å². The van der Waals surface area contributed by atoms with E-state index in [2.05, 4.69) is 221 Å². The lowest BCUT2D eigenvalue weighted by Crippen LogP contribution is -2.22. The number of hydrogen-bond acceptors (Lipinski definition) is 14. The molecule has 2 aliphatic heterocycles. The van der Waals surface area contributed by atoms with E-state index < -0.39 is 0 Å². The molecule has 2 saturated heterocycles. The summed E-state index contributed by atoms with van der Waals surface area (Å²) < 4.78 is 0. The second-order valence-electron chi connectivity index (χ2n) is 19.0. The summed E-state index contributed by atoms with van der Waals surface area (Å²) in [5, 5.41) is 0. The summed E-state index contributed by atoms with van der Waals surface area (Å²) in [5.74, 6) is 18.4. The Morgan fingerprint density at radius 3 is 1.12 bits per heavy atom. The van der Waals surface area contributed by atoms with Crippen molar-refractivity contribution in [3.63, 3.8) is 0 Å². The fourth-order valence-corrected chi connectivity index (χ4v) is 26.4. The molecule has 2 heterocycles. The minimum atomic E-state index is 0.604. The van der Waals surface area contributed by atoms with Gasteiger partial charge in [-0.15, -0.1) is 0 Å². The zero-order chi connectivity index (χ0) is 48.2. The molecule has 4 aliphatic carbocycles. The summed E-state index contributed by atoms with van der Waals surface area (Å²) in [7, 11) is 25.2. The maximum absolute atomic E-state index is 4.00. The molecule has 66 heavy (non-hydrogen) atoms. The van der Waals surface area contributed by atoms with E-state index in [0.29, 0.717) is 16.2 Å². The minimum absolute atomic E-state index is 0.604. The highest BCUT2D eigenvalue weighted by atomic mass is 33.1. The van der Waals surface area contributed by atoms with Gasteiger partial charge in [-0.1, -0.05) is 247 Å². The molecule has 0 radical (unpaired) electrons. The lowest BCUT2D eigenvalue weighted by atomic mass is 9.85. The average molecular weight is 1170 g/mol. The Morgan fingerprint density at radius 2 is 0.758 bits per heavy atom. The van der Waals surface area contributed by atoms with Gasteiger partial charge in [0.1, 0.15) is 0 Å². The standard InChI is InChI=1S/C12H24S2.C12H22S2.C10H18S4.C10H16S4.2C4H10S/c2*1-3-5-10-13-14-11-12(4-2)8-6-7-9-12;2*1-2-5-10(4-1)8-13-11-6-3-7-12-14-9-10;2*1-2-3-4-5/h3-11H2,1-2H3;6-7H,3-5,8-11H2,1-2H3;1-9H2;1-2H,3-9H2;2*5H,2-4H2,1H3. The predicted octanol–water partition coefficient (Wildman–Crippen LogP) is 22.7. The molecule has 0 aromatic carbocycles. The summed E-state index contributed by atoms with van der Waals surface area (Å²) in [4.78, 5) is 0. The third-order valence-electron chi connectivity index (χ3n) is 13.2. The lowest BCUT2D eigenvalue weighted by molar-refractivity contribution is 0.333. The van der Waals surface area contributed by atoms with Crippen LogP contribution in [-0.2, 0) is 0 Å². The first-order valence-electron chi connectivity index (χ1n) is 26.3. The van der Waals surface area contributed by atoms with E-state index in [1.165, 1.54) is 223 Å². The number of thiol groups is 2. The van der Waals surface area contributed by atoms with Crippen LogP contribution in [0.4, 0.5) is 0 Å². The van der Waals surface area contributed by atoms with E-state index >= 15 is 0 Å². The molecule has 0 nitrogen and oxygen atoms in total. The van der Waals surface area contributed by atoms with Crippen molar-refractivity contribution in [3.05, 3.63) is 24.3 Å². The number of unbranched alkanes of at least 4 members (excludes halogenated alkanes) is 4. The predicted molar refractivity (Wildman–Crippen MR) is 350 cm³/mol. The fourth-order valence-electron chi connectivity index (χ4n) is 7.90. The van der Waals surface area contributed by atoms with Crippen LogP contribution in [0.5, 0.6) is 0 Å². The van der Waals surface area contributed by atoms with Gasteiger partial charge in [0, 0.05) is 69.0 Å². The van der Waals surface area contributed by atoms with E-state index in [4.69, 9.17) is 0 Å². The molecular formula is C52H100S14. The smallest absolute Gasteiger partial charge is 0.0108 e. The van der Waals surface area contributed by atoms with Crippen LogP contribution < -0.4 is 0 Å². The van der Waals surface area contributed by atoms with Crippen molar-refractivity contribution in [1.29, 1.82) is 0 Å². The zero-order valence-corrected chi connectivity index (χ0v) is 54.6. The first-order chi connectivity index (χ1) is 32.3. The van der Waals surface area contributed by atoms with Crippen LogP contribution >= 0.6 is 155 Å². The van der Waals surface area contributed by atoms with Crippen LogP contribution in [0.15, 0.2) is 24.3 Å². The SMILES string of the molecule is C1=CCC2(C1)CSSCCCSSC2.C1CSSCC2(CCCC2)CSSC1.CCCCS.CCCCS.CCCCSSCC1(CC)CC=CC1.CCCCSSCC1(CC)CCCC1. The van der Waals surface area contributed by atoms with Gasteiger partial charge in [-0.2, -0.15) is 25.3 Å². The molecule has 2 saturated carbocycles. The van der Waals surface area contributed by atoms with E-state index in [9.17, 15) is 0 Å². The van der Waals surface area contributed by atoms with E-state index in [1.54, 1.807) is 0 Å². The van der Waals surface area contributed by atoms with Gasteiger partial charge < -0.3 is 0 Å². The minimum Gasteiger partial charge on any atom is -0.179 e. The Kier molecular flexibility index (Phi) is 49.5. The molecule has 392 valence electrons. The second-order valence-corrected chi connectivity index (χ2v) is 35.3. The molecule has 6 rings (SSSR count). The Labute approximate surface area is 471 Å². The van der Waals surface area contributed by atoms with Crippen molar-refractivity contribution in [2.75, 3.05) is 80.5 Å². The molecule has 4 fully saturated rings. The van der Waals surface area contributed by atoms with Gasteiger partial charge in [0.05, 0.1) is 0 Å². The Balaban J connectivity index is 0.000000411. The van der Waals surface area contributed by atoms with Crippen molar-refractivity contribution in [2.45, 2.75) is 196 Å². The van der Waals surface area contributed by atoms with E-state index in [0.717, 1.165) is 16.9 Å². The highest BCUT2D eigenvalue weighted by molar-refractivity contribution is 8.78. The molecule has 0 N–H and O–H groups in total. The quantitative estimate of drug-likeness (QED) is 0.0581. The van der Waals surface area contributed by atoms with Crippen molar-refractivity contribution in [1.82, 2.24) is 0 Å². The highest BCUT2D eigenvalue weighted by Crippen LogP contribution is 2.49. The van der Waals surface area contributed by atoms with Crippen LogP contribution in [0.2, 0.25) is 0 Å². The zero-order valence-electron chi connectivity index (χ0n) is 43.0. The van der Waals surface area contributed by atoms with Crippen LogP contribution in [0, 0.1) is 21.7 Å². The van der Waals surface area contributed by atoms with E-state index in [1.807, 2.05) is 0 Å². The molecule has 0 bridgehead atoms. The van der Waals surface area contributed by atoms with Crippen LogP contribution in [0.25, 0.3) is 0 Å². The lowest BCUT2D eigenvalue weighted by Gasteiger charge is -2.28. The van der Waals surface area contributed by atoms with Gasteiger partial charge in [-0.3, -0.25) is 0 Å². The summed E-state index contributed by atoms with van der Waals surface area (Å²) >= 11 is 8.00. The maximum Gasteiger partial charge on any atom is 0.0108 e. The maximum atomic E-state index is 4.00. The Morgan fingerprint density at radius 1 is 0.394 bits per heavy atom. The first-order valence-corrected chi connectivity index (χ1v) is 42.5. The van der Waals surface area contributed by atoms with Crippen LogP contribution in [0.1, 0.15) is 196 Å². The molecule has 6 aliphatic rings. The molecule has 0 unspecified atom stereocenters. The number of rotatable bonds is 18. The number of hydrogen-bond donors (Lipinski definition) is 2. The third-order valence-corrected chi connectivity index (χ3v) is 30.0. The summed E-state index contributed by atoms with van der Waals surface area (Å²) in [6.07, 6.45) is 42.6. The Hall–Kier alpha value is 4.38. The van der Waals surface area contributed by atoms with Crippen LogP contribution in [0.3, 0.4) is 0 Å². The van der Waals surface area contributed by atoms with Gasteiger partial charge in [-0.05, 0) is 136 Å². The van der Waals surface area contributed by atoms with Crippen molar-refractivity contribution < 1.29 is 0 Å². The molecule has 0 atom stereocenters. The monoisotopic (exact) mass is 1170 g/mol. The van der Waals surface area contributed by atoms with Crippen molar-refractivity contribution in [2.24, 2.45) is 21.7 Å². The van der Waals surface area contributed by atoms with Crippen molar-refractivity contribution in [3.8, 4) is 0 Å². The molecule has 0 amide bonds. The van der Waals surface area contributed by atoms with Gasteiger partial charge in [0.2, 0.25) is 0 Å². The van der Waals surface area contributed by atoms with Gasteiger partial charge >= 0.3 is 0 Å². The largest absolute Gasteiger partial charge is 0.179 e. The molecular weight excluding hydrogens is 1070 g/mol. The summed E-state index contributed by atoms with van der Waals surface area (Å²) in [6, 6.07) is 0. The average Bonchev–Trinajstić information content (AvgIpc) is 4.20. The molecule has 2 spiro atoms. The van der Waals surface area contributed by atoms with Crippen molar-refractivity contribution >= 4 is 155 Å². The highest BCUT2D eigenvalue weighted by Gasteiger charge is 2.35. The molecule has 0 aromatic rings. The topological polar surface area (TPSA) is 0 Å². The summed E-state index contributed by atoms with van der Waals surface area (Å²) in [5.41, 5.74) is 2.66. The molecule has 0 aromatic heterocycles. The number of allylic oxidation sites excluding steroid dienone is 4. The second kappa shape index (κ2) is 47.8. The van der Waals surface area contributed by atoms with Gasteiger partial charge in [-0.25, -0.2) is 0 Å². The molecule has 14 heteroatoms. The summed E-state index contributed by atoms with van der Waals surface area (Å²) in [6.45, 7) is 13.6. The first kappa shape index (κ1) is 68.4. The Bertz CT molecular complexity index is 1010. The van der Waals surface area contributed by atoms with Gasteiger partial charge in [0.25, 0.3) is 0 Å². The van der Waals surface area contributed by atoms with Crippen LogP contribution in [-0.4, -0.2) is 80.5 Å².